The molecule has 0 aliphatic heterocycles. The van der Waals surface area contributed by atoms with Gasteiger partial charge in [0.1, 0.15) is 0 Å². The summed E-state index contributed by atoms with van der Waals surface area (Å²) in [4.78, 5) is 0. The van der Waals surface area contributed by atoms with Crippen molar-refractivity contribution in [2.75, 3.05) is 7.11 Å². The number of hydrogen-bond acceptors (Lipinski definition) is 1. The van der Waals surface area contributed by atoms with Gasteiger partial charge in [0.25, 0.3) is 0 Å². The fraction of sp³-hybridized carbons (Fsp3) is 0.500. The summed E-state index contributed by atoms with van der Waals surface area (Å²) >= 11 is 0. The Balaban J connectivity index is 0.000000226. The van der Waals surface area contributed by atoms with E-state index in [0.717, 1.165) is 0 Å². The SMILES string of the molecule is COC(C)(C)C.Cc1ccccc1. The number of hydrogen-bond donors (Lipinski definition) is 0. The van der Waals surface area contributed by atoms with Gasteiger partial charge in [-0.05, 0) is 27.7 Å². The van der Waals surface area contributed by atoms with Gasteiger partial charge < -0.3 is 4.74 Å². The lowest BCUT2D eigenvalue weighted by atomic mass is 10.2. The third-order valence-electron chi connectivity index (χ3n) is 1.55. The Labute approximate surface area is 81.7 Å². The van der Waals surface area contributed by atoms with Crippen LogP contribution in [-0.2, 0) is 4.74 Å². The second-order valence-electron chi connectivity index (χ2n) is 3.97. The maximum atomic E-state index is 4.94. The van der Waals surface area contributed by atoms with Crippen LogP contribution < -0.4 is 0 Å². The molecule has 0 heterocycles. The lowest BCUT2D eigenvalue weighted by Gasteiger charge is -2.14. The molecule has 0 spiro atoms. The van der Waals surface area contributed by atoms with Crippen molar-refractivity contribution in [3.8, 4) is 0 Å². The van der Waals surface area contributed by atoms with Gasteiger partial charge in [0.05, 0.1) is 5.60 Å². The molecule has 1 rings (SSSR count). The van der Waals surface area contributed by atoms with Crippen molar-refractivity contribution in [1.82, 2.24) is 0 Å². The standard InChI is InChI=1S/C7H8.C5H12O/c1-7-5-3-2-4-6-7;1-5(2,3)6-4/h2-6H,1H3;1-4H3. The minimum Gasteiger partial charge on any atom is -0.379 e. The second-order valence-corrected chi connectivity index (χ2v) is 3.97. The van der Waals surface area contributed by atoms with E-state index in [1.54, 1.807) is 7.11 Å². The van der Waals surface area contributed by atoms with Gasteiger partial charge in [-0.2, -0.15) is 0 Å². The first kappa shape index (κ1) is 12.2. The number of aryl methyl sites for hydroxylation is 1. The Morgan fingerprint density at radius 3 is 1.54 bits per heavy atom. The van der Waals surface area contributed by atoms with E-state index < -0.39 is 0 Å². The van der Waals surface area contributed by atoms with E-state index in [9.17, 15) is 0 Å². The summed E-state index contributed by atoms with van der Waals surface area (Å²) in [6.07, 6.45) is 0. The molecule has 0 aliphatic rings. The van der Waals surface area contributed by atoms with Crippen LogP contribution in [0.3, 0.4) is 0 Å². The van der Waals surface area contributed by atoms with E-state index in [1.807, 2.05) is 39.0 Å². The average Bonchev–Trinajstić information content (AvgIpc) is 2.06. The lowest BCUT2D eigenvalue weighted by molar-refractivity contribution is 0.0397. The molecule has 74 valence electrons. The van der Waals surface area contributed by atoms with E-state index in [2.05, 4.69) is 19.1 Å². The van der Waals surface area contributed by atoms with Crippen molar-refractivity contribution in [2.24, 2.45) is 0 Å². The first-order chi connectivity index (χ1) is 5.95. The molecule has 1 nitrogen and oxygen atoms in total. The Bertz CT molecular complexity index is 208. The second kappa shape index (κ2) is 5.76. The zero-order valence-corrected chi connectivity index (χ0v) is 9.29. The van der Waals surface area contributed by atoms with E-state index in [1.165, 1.54) is 5.56 Å². The Kier molecular flexibility index (Phi) is 5.40. The molecule has 0 atom stereocenters. The van der Waals surface area contributed by atoms with Gasteiger partial charge in [0, 0.05) is 7.11 Å². The van der Waals surface area contributed by atoms with Crippen LogP contribution >= 0.6 is 0 Å². The van der Waals surface area contributed by atoms with Crippen molar-refractivity contribution >= 4 is 0 Å². The van der Waals surface area contributed by atoms with Crippen molar-refractivity contribution in [3.05, 3.63) is 35.9 Å². The van der Waals surface area contributed by atoms with Crippen molar-refractivity contribution in [2.45, 2.75) is 33.3 Å². The van der Waals surface area contributed by atoms with Crippen LogP contribution in [0.1, 0.15) is 26.3 Å². The predicted molar refractivity (Wildman–Crippen MR) is 57.9 cm³/mol. The normalized spacial score (nSPS) is 10.2. The van der Waals surface area contributed by atoms with Crippen LogP contribution in [0.15, 0.2) is 30.3 Å². The van der Waals surface area contributed by atoms with Gasteiger partial charge in [0.15, 0.2) is 0 Å². The quantitative estimate of drug-likeness (QED) is 0.594. The zero-order chi connectivity index (χ0) is 10.3. The molecule has 1 heteroatoms. The Morgan fingerprint density at radius 2 is 1.38 bits per heavy atom. The monoisotopic (exact) mass is 180 g/mol. The molecule has 0 fully saturated rings. The van der Waals surface area contributed by atoms with Crippen LogP contribution in [-0.4, -0.2) is 12.7 Å². The molecule has 0 amide bonds. The number of methoxy groups -OCH3 is 1. The van der Waals surface area contributed by atoms with E-state index in [0.29, 0.717) is 0 Å². The highest BCUT2D eigenvalue weighted by Gasteiger charge is 2.03. The third-order valence-corrected chi connectivity index (χ3v) is 1.55. The number of benzene rings is 1. The predicted octanol–water partition coefficient (Wildman–Crippen LogP) is 3.43. The van der Waals surface area contributed by atoms with Crippen molar-refractivity contribution in [1.29, 1.82) is 0 Å². The molecule has 0 radical (unpaired) electrons. The fourth-order valence-electron chi connectivity index (χ4n) is 0.534. The first-order valence-electron chi connectivity index (χ1n) is 4.52. The molecule has 0 aromatic heterocycles. The van der Waals surface area contributed by atoms with E-state index in [4.69, 9.17) is 4.74 Å². The van der Waals surface area contributed by atoms with Gasteiger partial charge in [-0.3, -0.25) is 0 Å². The highest BCUT2D eigenvalue weighted by Crippen LogP contribution is 2.02. The minimum atomic E-state index is 0.0417. The third kappa shape index (κ3) is 9.09. The summed E-state index contributed by atoms with van der Waals surface area (Å²) in [5, 5.41) is 0. The van der Waals surface area contributed by atoms with Gasteiger partial charge in [-0.15, -0.1) is 0 Å². The highest BCUT2D eigenvalue weighted by molar-refractivity contribution is 5.11. The van der Waals surface area contributed by atoms with Gasteiger partial charge in [0.2, 0.25) is 0 Å². The lowest BCUT2D eigenvalue weighted by Crippen LogP contribution is -2.15. The van der Waals surface area contributed by atoms with E-state index in [-0.39, 0.29) is 5.60 Å². The molecule has 0 saturated heterocycles. The first-order valence-corrected chi connectivity index (χ1v) is 4.52. The van der Waals surface area contributed by atoms with Crippen LogP contribution in [0.5, 0.6) is 0 Å². The van der Waals surface area contributed by atoms with Crippen LogP contribution in [0.25, 0.3) is 0 Å². The molecular formula is C12H20O. The largest absolute Gasteiger partial charge is 0.379 e. The van der Waals surface area contributed by atoms with Crippen LogP contribution in [0, 0.1) is 6.92 Å². The van der Waals surface area contributed by atoms with Gasteiger partial charge >= 0.3 is 0 Å². The van der Waals surface area contributed by atoms with Crippen molar-refractivity contribution < 1.29 is 4.74 Å². The maximum Gasteiger partial charge on any atom is 0.0594 e. The molecule has 13 heavy (non-hydrogen) atoms. The summed E-state index contributed by atoms with van der Waals surface area (Å²) < 4.78 is 4.94. The summed E-state index contributed by atoms with van der Waals surface area (Å²) in [7, 11) is 1.71. The van der Waals surface area contributed by atoms with Gasteiger partial charge in [-0.1, -0.05) is 35.9 Å². The maximum absolute atomic E-state index is 4.94. The molecule has 0 unspecified atom stereocenters. The molecule has 0 saturated carbocycles. The van der Waals surface area contributed by atoms with Crippen LogP contribution in [0.4, 0.5) is 0 Å². The van der Waals surface area contributed by atoms with Crippen molar-refractivity contribution in [3.63, 3.8) is 0 Å². The fourth-order valence-corrected chi connectivity index (χ4v) is 0.534. The number of rotatable bonds is 0. The average molecular weight is 180 g/mol. The smallest absolute Gasteiger partial charge is 0.0594 e. The van der Waals surface area contributed by atoms with E-state index >= 15 is 0 Å². The molecule has 1 aromatic carbocycles. The Morgan fingerprint density at radius 1 is 1.00 bits per heavy atom. The minimum absolute atomic E-state index is 0.0417. The molecule has 0 N–H and O–H groups in total. The summed E-state index contributed by atoms with van der Waals surface area (Å²) in [5.41, 5.74) is 1.36. The van der Waals surface area contributed by atoms with Crippen LogP contribution in [0.2, 0.25) is 0 Å². The van der Waals surface area contributed by atoms with Gasteiger partial charge in [-0.25, -0.2) is 0 Å². The molecule has 0 bridgehead atoms. The summed E-state index contributed by atoms with van der Waals surface area (Å²) in [6, 6.07) is 10.3. The number of ether oxygens (including phenoxy) is 1. The molecule has 1 aromatic rings. The zero-order valence-electron chi connectivity index (χ0n) is 9.29. The Hall–Kier alpha value is -0.820. The topological polar surface area (TPSA) is 9.23 Å². The molecular weight excluding hydrogens is 160 g/mol. The summed E-state index contributed by atoms with van der Waals surface area (Å²) in [6.45, 7) is 8.15. The molecule has 0 aliphatic carbocycles. The highest BCUT2D eigenvalue weighted by atomic mass is 16.5. The summed E-state index contributed by atoms with van der Waals surface area (Å²) in [5.74, 6) is 0.